The van der Waals surface area contributed by atoms with E-state index in [1.54, 1.807) is 0 Å². The SMILES string of the molecule is C=CCC(NC(=O)[C@@H](N)C(C)(C)C)C(=O)O. The lowest BCUT2D eigenvalue weighted by Gasteiger charge is -2.27. The highest BCUT2D eigenvalue weighted by atomic mass is 16.4. The maximum atomic E-state index is 11.6. The van der Waals surface area contributed by atoms with Crippen LogP contribution in [-0.4, -0.2) is 29.1 Å². The summed E-state index contributed by atoms with van der Waals surface area (Å²) in [5, 5.41) is 11.2. The number of aliphatic carboxylic acids is 1. The van der Waals surface area contributed by atoms with E-state index in [0.29, 0.717) is 0 Å². The molecule has 0 saturated carbocycles. The number of carbonyl (C=O) groups excluding carboxylic acids is 1. The minimum atomic E-state index is -1.09. The third-order valence-corrected chi connectivity index (χ3v) is 2.23. The molecule has 0 spiro atoms. The molecule has 0 rings (SSSR count). The van der Waals surface area contributed by atoms with E-state index in [1.165, 1.54) is 6.08 Å². The fourth-order valence-electron chi connectivity index (χ4n) is 1.04. The first-order valence-electron chi connectivity index (χ1n) is 5.09. The second-order valence-corrected chi connectivity index (χ2v) is 4.77. The van der Waals surface area contributed by atoms with Gasteiger partial charge in [0.05, 0.1) is 6.04 Å². The zero-order chi connectivity index (χ0) is 12.9. The summed E-state index contributed by atoms with van der Waals surface area (Å²) < 4.78 is 0. The Morgan fingerprint density at radius 2 is 2.00 bits per heavy atom. The van der Waals surface area contributed by atoms with E-state index in [2.05, 4.69) is 11.9 Å². The lowest BCUT2D eigenvalue weighted by Crippen LogP contribution is -2.53. The number of carboxylic acid groups (broad SMARTS) is 1. The molecule has 0 aromatic rings. The van der Waals surface area contributed by atoms with E-state index in [9.17, 15) is 9.59 Å². The summed E-state index contributed by atoms with van der Waals surface area (Å²) in [4.78, 5) is 22.4. The van der Waals surface area contributed by atoms with Crippen molar-refractivity contribution < 1.29 is 14.7 Å². The quantitative estimate of drug-likeness (QED) is 0.598. The maximum Gasteiger partial charge on any atom is 0.326 e. The van der Waals surface area contributed by atoms with E-state index in [-0.39, 0.29) is 6.42 Å². The molecule has 0 fully saturated rings. The molecule has 5 heteroatoms. The molecule has 4 N–H and O–H groups in total. The minimum absolute atomic E-state index is 0.179. The normalized spacial score (nSPS) is 15.0. The summed E-state index contributed by atoms with van der Waals surface area (Å²) in [5.74, 6) is -1.55. The Kier molecular flexibility index (Phi) is 5.17. The van der Waals surface area contributed by atoms with Crippen molar-refractivity contribution in [2.75, 3.05) is 0 Å². The molecule has 1 amide bonds. The molecule has 92 valence electrons. The maximum absolute atomic E-state index is 11.6. The van der Waals surface area contributed by atoms with Gasteiger partial charge in [-0.1, -0.05) is 26.8 Å². The third kappa shape index (κ3) is 4.44. The number of hydrogen-bond acceptors (Lipinski definition) is 3. The van der Waals surface area contributed by atoms with Crippen LogP contribution in [0.2, 0.25) is 0 Å². The van der Waals surface area contributed by atoms with Crippen LogP contribution in [0.15, 0.2) is 12.7 Å². The van der Waals surface area contributed by atoms with Crippen molar-refractivity contribution in [2.24, 2.45) is 11.1 Å². The number of nitrogens with two attached hydrogens (primary N) is 1. The number of amides is 1. The molecule has 0 aromatic carbocycles. The monoisotopic (exact) mass is 228 g/mol. The molecular weight excluding hydrogens is 208 g/mol. The second-order valence-electron chi connectivity index (χ2n) is 4.77. The fourth-order valence-corrected chi connectivity index (χ4v) is 1.04. The highest BCUT2D eigenvalue weighted by Gasteiger charge is 2.30. The van der Waals surface area contributed by atoms with Gasteiger partial charge in [-0.2, -0.15) is 0 Å². The van der Waals surface area contributed by atoms with Crippen LogP contribution in [0.5, 0.6) is 0 Å². The van der Waals surface area contributed by atoms with Gasteiger partial charge in [0, 0.05) is 0 Å². The van der Waals surface area contributed by atoms with Crippen LogP contribution in [0.4, 0.5) is 0 Å². The van der Waals surface area contributed by atoms with Gasteiger partial charge in [0.25, 0.3) is 0 Å². The van der Waals surface area contributed by atoms with Crippen molar-refractivity contribution in [3.05, 3.63) is 12.7 Å². The molecular formula is C11H20N2O3. The fraction of sp³-hybridized carbons (Fsp3) is 0.636. The molecule has 0 radical (unpaired) electrons. The molecule has 0 aliphatic heterocycles. The number of carboxylic acids is 1. The first-order valence-corrected chi connectivity index (χ1v) is 5.09. The van der Waals surface area contributed by atoms with E-state index < -0.39 is 29.4 Å². The minimum Gasteiger partial charge on any atom is -0.480 e. The largest absolute Gasteiger partial charge is 0.480 e. The van der Waals surface area contributed by atoms with Gasteiger partial charge in [0.1, 0.15) is 6.04 Å². The Balaban J connectivity index is 4.52. The Morgan fingerprint density at radius 1 is 1.50 bits per heavy atom. The lowest BCUT2D eigenvalue weighted by molar-refractivity contribution is -0.142. The van der Waals surface area contributed by atoms with Crippen molar-refractivity contribution in [3.8, 4) is 0 Å². The van der Waals surface area contributed by atoms with Gasteiger partial charge in [-0.15, -0.1) is 6.58 Å². The molecule has 0 heterocycles. The predicted molar refractivity (Wildman–Crippen MR) is 61.8 cm³/mol. The van der Waals surface area contributed by atoms with Gasteiger partial charge in [-0.05, 0) is 11.8 Å². The van der Waals surface area contributed by atoms with Gasteiger partial charge < -0.3 is 16.2 Å². The van der Waals surface area contributed by atoms with E-state index in [4.69, 9.17) is 10.8 Å². The number of carbonyl (C=O) groups is 2. The van der Waals surface area contributed by atoms with Crippen LogP contribution in [0, 0.1) is 5.41 Å². The smallest absolute Gasteiger partial charge is 0.326 e. The summed E-state index contributed by atoms with van der Waals surface area (Å²) in [6.45, 7) is 8.90. The van der Waals surface area contributed by atoms with Crippen molar-refractivity contribution in [3.63, 3.8) is 0 Å². The summed E-state index contributed by atoms with van der Waals surface area (Å²) in [6.07, 6.45) is 1.62. The van der Waals surface area contributed by atoms with Gasteiger partial charge >= 0.3 is 5.97 Å². The molecule has 0 aliphatic carbocycles. The first-order chi connectivity index (χ1) is 7.20. The number of rotatable bonds is 5. The third-order valence-electron chi connectivity index (χ3n) is 2.23. The van der Waals surface area contributed by atoms with E-state index in [1.807, 2.05) is 20.8 Å². The Morgan fingerprint density at radius 3 is 2.31 bits per heavy atom. The molecule has 0 aromatic heterocycles. The van der Waals surface area contributed by atoms with Crippen molar-refractivity contribution in [2.45, 2.75) is 39.3 Å². The average molecular weight is 228 g/mol. The van der Waals surface area contributed by atoms with Crippen molar-refractivity contribution in [1.29, 1.82) is 0 Å². The molecule has 1 unspecified atom stereocenters. The van der Waals surface area contributed by atoms with Gasteiger partial charge in [-0.3, -0.25) is 4.79 Å². The molecule has 0 saturated heterocycles. The Bertz CT molecular complexity index is 281. The summed E-state index contributed by atoms with van der Waals surface area (Å²) in [7, 11) is 0. The molecule has 5 nitrogen and oxygen atoms in total. The van der Waals surface area contributed by atoms with E-state index in [0.717, 1.165) is 0 Å². The second kappa shape index (κ2) is 5.65. The Labute approximate surface area is 95.7 Å². The summed E-state index contributed by atoms with van der Waals surface area (Å²) in [5.41, 5.74) is 5.31. The highest BCUT2D eigenvalue weighted by molar-refractivity contribution is 5.87. The predicted octanol–water partition coefficient (Wildman–Crippen LogP) is 0.505. The van der Waals surface area contributed by atoms with Crippen molar-refractivity contribution >= 4 is 11.9 Å². The Hall–Kier alpha value is -1.36. The first kappa shape index (κ1) is 14.6. The van der Waals surface area contributed by atoms with Crippen LogP contribution in [0.25, 0.3) is 0 Å². The average Bonchev–Trinajstić information content (AvgIpc) is 2.14. The summed E-state index contributed by atoms with van der Waals surface area (Å²) >= 11 is 0. The number of hydrogen-bond donors (Lipinski definition) is 3. The molecule has 0 bridgehead atoms. The topological polar surface area (TPSA) is 92.4 Å². The van der Waals surface area contributed by atoms with Crippen LogP contribution >= 0.6 is 0 Å². The van der Waals surface area contributed by atoms with Crippen LogP contribution < -0.4 is 11.1 Å². The lowest BCUT2D eigenvalue weighted by atomic mass is 9.87. The van der Waals surface area contributed by atoms with Crippen LogP contribution in [0.1, 0.15) is 27.2 Å². The van der Waals surface area contributed by atoms with E-state index >= 15 is 0 Å². The molecule has 2 atom stereocenters. The highest BCUT2D eigenvalue weighted by Crippen LogP contribution is 2.17. The zero-order valence-electron chi connectivity index (χ0n) is 9.99. The standard InChI is InChI=1S/C11H20N2O3/c1-5-6-7(10(15)16)13-9(14)8(12)11(2,3)4/h5,7-8H,1,6,12H2,2-4H3,(H,13,14)(H,15,16)/t7?,8-/m1/s1. The van der Waals surface area contributed by atoms with Gasteiger partial charge in [0.15, 0.2) is 0 Å². The molecule has 0 aliphatic rings. The van der Waals surface area contributed by atoms with Crippen LogP contribution in [0.3, 0.4) is 0 Å². The van der Waals surface area contributed by atoms with Crippen LogP contribution in [-0.2, 0) is 9.59 Å². The molecule has 16 heavy (non-hydrogen) atoms. The van der Waals surface area contributed by atoms with Gasteiger partial charge in [-0.25, -0.2) is 4.79 Å². The van der Waals surface area contributed by atoms with Crippen molar-refractivity contribution in [1.82, 2.24) is 5.32 Å². The van der Waals surface area contributed by atoms with Gasteiger partial charge in [0.2, 0.25) is 5.91 Å². The zero-order valence-corrected chi connectivity index (χ0v) is 9.99. The summed E-state index contributed by atoms with van der Waals surface area (Å²) in [6, 6.07) is -1.70. The number of nitrogens with one attached hydrogen (secondary N) is 1.